The minimum absolute atomic E-state index is 0.222. The molecule has 0 aliphatic heterocycles. The Morgan fingerprint density at radius 3 is 2.24 bits per heavy atom. The Morgan fingerprint density at radius 1 is 1.24 bits per heavy atom. The third-order valence-electron chi connectivity index (χ3n) is 3.06. The zero-order valence-electron chi connectivity index (χ0n) is 11.4. The minimum Gasteiger partial charge on any atom is -0.384 e. The van der Waals surface area contributed by atoms with Crippen molar-refractivity contribution in [2.45, 2.75) is 58.1 Å². The molecule has 1 fully saturated rings. The van der Waals surface area contributed by atoms with Crippen molar-refractivity contribution < 1.29 is 14.4 Å². The van der Waals surface area contributed by atoms with Crippen molar-refractivity contribution in [3.8, 4) is 0 Å². The summed E-state index contributed by atoms with van der Waals surface area (Å²) < 4.78 is 5.17. The first kappa shape index (κ1) is 14.5. The number of rotatable bonds is 5. The quantitative estimate of drug-likeness (QED) is 0.549. The molecule has 0 atom stereocenters. The molecule has 0 aromatic rings. The van der Waals surface area contributed by atoms with E-state index in [-0.39, 0.29) is 11.6 Å². The lowest BCUT2D eigenvalue weighted by Crippen LogP contribution is -2.42. The molecule has 0 aromatic heterocycles. The molecule has 0 aromatic carbocycles. The summed E-state index contributed by atoms with van der Waals surface area (Å²) in [5, 5.41) is 1.50. The molecule has 1 rings (SSSR count). The Hall–Kier alpha value is -0.610. The number of hydrogen-bond donors (Lipinski definition) is 0. The summed E-state index contributed by atoms with van der Waals surface area (Å²) in [6.45, 7) is 6.70. The third-order valence-corrected chi connectivity index (χ3v) is 3.06. The van der Waals surface area contributed by atoms with Crippen molar-refractivity contribution in [1.29, 1.82) is 0 Å². The van der Waals surface area contributed by atoms with E-state index < -0.39 is 0 Å². The van der Waals surface area contributed by atoms with Gasteiger partial charge in [0.15, 0.2) is 0 Å². The fraction of sp³-hybridized carbons (Fsp3) is 0.923. The minimum atomic E-state index is -0.315. The van der Waals surface area contributed by atoms with Crippen molar-refractivity contribution in [2.24, 2.45) is 5.92 Å². The molecule has 0 N–H and O–H groups in total. The molecule has 0 bridgehead atoms. The normalized spacial score (nSPS) is 25.6. The number of ether oxygens (including phenoxy) is 1. The van der Waals surface area contributed by atoms with Crippen LogP contribution >= 0.6 is 0 Å². The van der Waals surface area contributed by atoms with E-state index in [1.54, 1.807) is 7.11 Å². The van der Waals surface area contributed by atoms with Gasteiger partial charge in [0.25, 0.3) is 0 Å². The Morgan fingerprint density at radius 2 is 1.82 bits per heavy atom. The van der Waals surface area contributed by atoms with Gasteiger partial charge in [-0.25, -0.2) is 5.06 Å². The van der Waals surface area contributed by atoms with Crippen LogP contribution in [0.5, 0.6) is 0 Å². The van der Waals surface area contributed by atoms with Crippen LogP contribution in [0, 0.1) is 5.92 Å². The Labute approximate surface area is 104 Å². The first-order chi connectivity index (χ1) is 7.96. The first-order valence-electron chi connectivity index (χ1n) is 6.38. The topological polar surface area (TPSA) is 38.8 Å². The molecule has 1 aliphatic carbocycles. The molecule has 100 valence electrons. The highest BCUT2D eigenvalue weighted by molar-refractivity contribution is 5.45. The van der Waals surface area contributed by atoms with Gasteiger partial charge in [-0.15, -0.1) is 0 Å². The summed E-state index contributed by atoms with van der Waals surface area (Å²) in [6, 6.07) is 0.222. The average molecular weight is 243 g/mol. The maximum Gasteiger partial charge on any atom is 0.233 e. The van der Waals surface area contributed by atoms with E-state index in [1.165, 1.54) is 5.06 Å². The van der Waals surface area contributed by atoms with Gasteiger partial charge in [-0.3, -0.25) is 9.63 Å². The van der Waals surface area contributed by atoms with Crippen molar-refractivity contribution in [1.82, 2.24) is 5.06 Å². The third kappa shape index (κ3) is 5.04. The monoisotopic (exact) mass is 243 g/mol. The molecule has 17 heavy (non-hydrogen) atoms. The van der Waals surface area contributed by atoms with Crippen molar-refractivity contribution in [3.63, 3.8) is 0 Å². The zero-order chi connectivity index (χ0) is 12.9. The van der Waals surface area contributed by atoms with Crippen LogP contribution in [0.15, 0.2) is 0 Å². The fourth-order valence-electron chi connectivity index (χ4n) is 2.30. The van der Waals surface area contributed by atoms with E-state index in [1.807, 2.05) is 20.8 Å². The summed E-state index contributed by atoms with van der Waals surface area (Å²) >= 11 is 0. The number of amides is 1. The smallest absolute Gasteiger partial charge is 0.233 e. The van der Waals surface area contributed by atoms with Crippen LogP contribution in [0.2, 0.25) is 0 Å². The van der Waals surface area contributed by atoms with Gasteiger partial charge < -0.3 is 4.74 Å². The Bertz CT molecular complexity index is 229. The lowest BCUT2D eigenvalue weighted by Gasteiger charge is -2.36. The van der Waals surface area contributed by atoms with Crippen molar-refractivity contribution >= 4 is 6.41 Å². The van der Waals surface area contributed by atoms with Crippen LogP contribution in [0.4, 0.5) is 0 Å². The van der Waals surface area contributed by atoms with E-state index in [0.717, 1.165) is 38.7 Å². The lowest BCUT2D eigenvalue weighted by atomic mass is 9.86. The van der Waals surface area contributed by atoms with Gasteiger partial charge >= 0.3 is 0 Å². The van der Waals surface area contributed by atoms with Crippen molar-refractivity contribution in [3.05, 3.63) is 0 Å². The second-order valence-corrected chi connectivity index (χ2v) is 5.80. The van der Waals surface area contributed by atoms with Crippen LogP contribution < -0.4 is 0 Å². The molecule has 1 saturated carbocycles. The first-order valence-corrected chi connectivity index (χ1v) is 6.38. The SMILES string of the molecule is COC[C@H]1CC[C@@H](N(C=O)OC(C)(C)C)CC1. The molecule has 0 unspecified atom stereocenters. The van der Waals surface area contributed by atoms with Gasteiger partial charge in [-0.05, 0) is 52.4 Å². The number of nitrogens with zero attached hydrogens (tertiary/aromatic N) is 1. The maximum absolute atomic E-state index is 11.1. The molecule has 0 heterocycles. The van der Waals surface area contributed by atoms with Gasteiger partial charge in [0.2, 0.25) is 6.41 Å². The molecule has 4 nitrogen and oxygen atoms in total. The largest absolute Gasteiger partial charge is 0.384 e. The molecule has 4 heteroatoms. The Balaban J connectivity index is 2.42. The molecular formula is C13H25NO3. The number of hydroxylamine groups is 2. The molecule has 1 aliphatic rings. The number of carbonyl (C=O) groups is 1. The molecule has 0 saturated heterocycles. The van der Waals surface area contributed by atoms with Crippen LogP contribution in [0.3, 0.4) is 0 Å². The summed E-state index contributed by atoms with van der Waals surface area (Å²) in [5.74, 6) is 0.638. The highest BCUT2D eigenvalue weighted by atomic mass is 16.7. The van der Waals surface area contributed by atoms with Gasteiger partial charge in [0, 0.05) is 13.7 Å². The molecule has 0 spiro atoms. The predicted molar refractivity (Wildman–Crippen MR) is 66.4 cm³/mol. The highest BCUT2D eigenvalue weighted by Crippen LogP contribution is 2.28. The summed E-state index contributed by atoms with van der Waals surface area (Å²) in [5.41, 5.74) is -0.315. The standard InChI is InChI=1S/C13H25NO3/c1-13(2,3)17-14(10-15)12-7-5-11(6-8-12)9-16-4/h10-12H,5-9H2,1-4H3/t11-,12+. The number of carbonyl (C=O) groups excluding carboxylic acids is 1. The van der Waals surface area contributed by atoms with Crippen LogP contribution in [0.1, 0.15) is 46.5 Å². The van der Waals surface area contributed by atoms with E-state index in [0.29, 0.717) is 5.92 Å². The summed E-state index contributed by atoms with van der Waals surface area (Å²) in [4.78, 5) is 16.7. The van der Waals surface area contributed by atoms with Gasteiger partial charge in [-0.1, -0.05) is 0 Å². The zero-order valence-corrected chi connectivity index (χ0v) is 11.4. The van der Waals surface area contributed by atoms with E-state index >= 15 is 0 Å². The fourth-order valence-corrected chi connectivity index (χ4v) is 2.30. The van der Waals surface area contributed by atoms with Crippen LogP contribution in [-0.4, -0.2) is 36.8 Å². The highest BCUT2D eigenvalue weighted by Gasteiger charge is 2.28. The van der Waals surface area contributed by atoms with E-state index in [4.69, 9.17) is 9.57 Å². The van der Waals surface area contributed by atoms with Crippen LogP contribution in [0.25, 0.3) is 0 Å². The van der Waals surface area contributed by atoms with Crippen molar-refractivity contribution in [2.75, 3.05) is 13.7 Å². The van der Waals surface area contributed by atoms with Gasteiger partial charge in [0.05, 0.1) is 11.6 Å². The summed E-state index contributed by atoms with van der Waals surface area (Å²) in [6.07, 6.45) is 5.03. The second-order valence-electron chi connectivity index (χ2n) is 5.80. The maximum atomic E-state index is 11.1. The molecular weight excluding hydrogens is 218 g/mol. The number of methoxy groups -OCH3 is 1. The van der Waals surface area contributed by atoms with Gasteiger partial charge in [-0.2, -0.15) is 0 Å². The lowest BCUT2D eigenvalue weighted by molar-refractivity contribution is -0.236. The van der Waals surface area contributed by atoms with E-state index in [2.05, 4.69) is 0 Å². The molecule has 0 radical (unpaired) electrons. The van der Waals surface area contributed by atoms with Crippen LogP contribution in [-0.2, 0) is 14.4 Å². The average Bonchev–Trinajstić information content (AvgIpc) is 2.26. The predicted octanol–water partition coefficient (Wildman–Crippen LogP) is 2.38. The second kappa shape index (κ2) is 6.36. The van der Waals surface area contributed by atoms with E-state index in [9.17, 15) is 4.79 Å². The molecule has 1 amide bonds. The Kier molecular flexibility index (Phi) is 5.40. The number of hydrogen-bond acceptors (Lipinski definition) is 3. The summed E-state index contributed by atoms with van der Waals surface area (Å²) in [7, 11) is 1.74. The van der Waals surface area contributed by atoms with Gasteiger partial charge in [0.1, 0.15) is 0 Å².